The molecule has 0 aliphatic heterocycles. The van der Waals surface area contributed by atoms with Crippen LogP contribution in [0.1, 0.15) is 20.8 Å². The molecule has 0 aliphatic carbocycles. The molecule has 0 bridgehead atoms. The van der Waals surface area contributed by atoms with E-state index in [9.17, 15) is 4.79 Å². The summed E-state index contributed by atoms with van der Waals surface area (Å²) in [5.41, 5.74) is 5.69. The zero-order chi connectivity index (χ0) is 13.1. The Morgan fingerprint density at radius 1 is 1.47 bits per heavy atom. The zero-order valence-corrected chi connectivity index (χ0v) is 10.9. The van der Waals surface area contributed by atoms with Gasteiger partial charge in [-0.1, -0.05) is 32.4 Å². The Bertz CT molecular complexity index is 414. The molecule has 4 N–H and O–H groups in total. The van der Waals surface area contributed by atoms with Gasteiger partial charge in [0, 0.05) is 6.54 Å². The van der Waals surface area contributed by atoms with E-state index in [0.717, 1.165) is 0 Å². The van der Waals surface area contributed by atoms with Gasteiger partial charge in [-0.25, -0.2) is 9.78 Å². The highest BCUT2D eigenvalue weighted by Crippen LogP contribution is 2.23. The Morgan fingerprint density at radius 2 is 2.12 bits per heavy atom. The molecular formula is C11H17ClN4O. The molecule has 1 aromatic heterocycles. The summed E-state index contributed by atoms with van der Waals surface area (Å²) in [6, 6.07) is 2.62. The maximum Gasteiger partial charge on any atom is 0.316 e. The Labute approximate surface area is 106 Å². The van der Waals surface area contributed by atoms with Gasteiger partial charge in [0.1, 0.15) is 5.15 Å². The van der Waals surface area contributed by atoms with Crippen molar-refractivity contribution in [3.63, 3.8) is 0 Å². The number of rotatable bonds is 3. The Hall–Kier alpha value is -1.49. The smallest absolute Gasteiger partial charge is 0.316 e. The van der Waals surface area contributed by atoms with Gasteiger partial charge in [-0.3, -0.25) is 0 Å². The highest BCUT2D eigenvalue weighted by atomic mass is 35.5. The normalized spacial score (nSPS) is 11.1. The molecular weight excluding hydrogens is 240 g/mol. The maximum atomic E-state index is 10.8. The summed E-state index contributed by atoms with van der Waals surface area (Å²) >= 11 is 5.81. The summed E-state index contributed by atoms with van der Waals surface area (Å²) in [7, 11) is 0. The number of pyridine rings is 1. The second kappa shape index (κ2) is 5.23. The van der Waals surface area contributed by atoms with Crippen LogP contribution in [0.5, 0.6) is 0 Å². The SMILES string of the molecule is CC(C)(C)CNc1nc(Cl)ccc1NC(N)=O. The fourth-order valence-electron chi connectivity index (χ4n) is 1.15. The van der Waals surface area contributed by atoms with E-state index >= 15 is 0 Å². The Balaban J connectivity index is 2.87. The van der Waals surface area contributed by atoms with Crippen LogP contribution < -0.4 is 16.4 Å². The summed E-state index contributed by atoms with van der Waals surface area (Å²) in [5, 5.41) is 5.98. The summed E-state index contributed by atoms with van der Waals surface area (Å²) in [4.78, 5) is 14.9. The Morgan fingerprint density at radius 3 is 2.65 bits per heavy atom. The minimum atomic E-state index is -0.632. The summed E-state index contributed by atoms with van der Waals surface area (Å²) in [5.74, 6) is 0.520. The number of halogens is 1. The van der Waals surface area contributed by atoms with Crippen LogP contribution in [0.2, 0.25) is 5.15 Å². The number of amides is 2. The third-order valence-electron chi connectivity index (χ3n) is 1.91. The number of carbonyl (C=O) groups excluding carboxylic acids is 1. The van der Waals surface area contributed by atoms with Crippen molar-refractivity contribution in [3.8, 4) is 0 Å². The number of nitrogens with one attached hydrogen (secondary N) is 2. The first-order valence-electron chi connectivity index (χ1n) is 5.25. The third kappa shape index (κ3) is 4.91. The van der Waals surface area contributed by atoms with Gasteiger partial charge >= 0.3 is 6.03 Å². The van der Waals surface area contributed by atoms with Crippen LogP contribution in [-0.4, -0.2) is 17.6 Å². The predicted octanol–water partition coefficient (Wildman–Crippen LogP) is 2.68. The molecule has 94 valence electrons. The molecule has 6 heteroatoms. The molecule has 0 unspecified atom stereocenters. The summed E-state index contributed by atoms with van der Waals surface area (Å²) in [6.45, 7) is 6.97. The molecule has 0 radical (unpaired) electrons. The molecule has 0 aromatic carbocycles. The largest absolute Gasteiger partial charge is 0.368 e. The monoisotopic (exact) mass is 256 g/mol. The van der Waals surface area contributed by atoms with Crippen molar-refractivity contribution in [3.05, 3.63) is 17.3 Å². The molecule has 0 atom stereocenters. The number of hydrogen-bond donors (Lipinski definition) is 3. The molecule has 5 nitrogen and oxygen atoms in total. The van der Waals surface area contributed by atoms with Crippen molar-refractivity contribution in [1.29, 1.82) is 0 Å². The second-order valence-electron chi connectivity index (χ2n) is 4.93. The first-order chi connectivity index (χ1) is 7.78. The number of nitrogens with zero attached hydrogens (tertiary/aromatic N) is 1. The number of aromatic nitrogens is 1. The average Bonchev–Trinajstić information content (AvgIpc) is 2.16. The minimum Gasteiger partial charge on any atom is -0.368 e. The lowest BCUT2D eigenvalue weighted by Gasteiger charge is -2.20. The molecule has 1 heterocycles. The summed E-state index contributed by atoms with van der Waals surface area (Å²) in [6.07, 6.45) is 0. The van der Waals surface area contributed by atoms with Gasteiger partial charge in [0.15, 0.2) is 5.82 Å². The van der Waals surface area contributed by atoms with E-state index in [2.05, 4.69) is 36.4 Å². The van der Waals surface area contributed by atoms with Gasteiger partial charge in [0.25, 0.3) is 0 Å². The first kappa shape index (κ1) is 13.6. The minimum absolute atomic E-state index is 0.0913. The lowest BCUT2D eigenvalue weighted by atomic mass is 9.97. The molecule has 0 aliphatic rings. The van der Waals surface area contributed by atoms with Crippen molar-refractivity contribution in [1.82, 2.24) is 4.98 Å². The molecule has 0 fully saturated rings. The molecule has 0 spiro atoms. The number of urea groups is 1. The fourth-order valence-corrected chi connectivity index (χ4v) is 1.30. The average molecular weight is 257 g/mol. The number of primary amides is 1. The first-order valence-corrected chi connectivity index (χ1v) is 5.62. The van der Waals surface area contributed by atoms with Crippen LogP contribution >= 0.6 is 11.6 Å². The van der Waals surface area contributed by atoms with Gasteiger partial charge in [-0.15, -0.1) is 0 Å². The lowest BCUT2D eigenvalue weighted by molar-refractivity contribution is 0.259. The van der Waals surface area contributed by atoms with E-state index in [4.69, 9.17) is 17.3 Å². The van der Waals surface area contributed by atoms with Crippen LogP contribution in [0, 0.1) is 5.41 Å². The van der Waals surface area contributed by atoms with Gasteiger partial charge in [0.05, 0.1) is 5.69 Å². The number of hydrogen-bond acceptors (Lipinski definition) is 3. The molecule has 0 saturated carbocycles. The van der Waals surface area contributed by atoms with Crippen LogP contribution in [0.15, 0.2) is 12.1 Å². The van der Waals surface area contributed by atoms with Crippen LogP contribution in [-0.2, 0) is 0 Å². The zero-order valence-electron chi connectivity index (χ0n) is 10.2. The molecule has 1 rings (SSSR count). The van der Waals surface area contributed by atoms with Crippen molar-refractivity contribution < 1.29 is 4.79 Å². The van der Waals surface area contributed by atoms with E-state index in [1.807, 2.05) is 0 Å². The molecule has 1 aromatic rings. The van der Waals surface area contributed by atoms with E-state index in [0.29, 0.717) is 23.2 Å². The molecule has 17 heavy (non-hydrogen) atoms. The highest BCUT2D eigenvalue weighted by Gasteiger charge is 2.12. The van der Waals surface area contributed by atoms with Crippen molar-refractivity contribution in [2.24, 2.45) is 11.1 Å². The van der Waals surface area contributed by atoms with Crippen molar-refractivity contribution in [2.45, 2.75) is 20.8 Å². The predicted molar refractivity (Wildman–Crippen MR) is 70.4 cm³/mol. The van der Waals surface area contributed by atoms with Gasteiger partial charge < -0.3 is 16.4 Å². The van der Waals surface area contributed by atoms with Gasteiger partial charge in [0.2, 0.25) is 0 Å². The van der Waals surface area contributed by atoms with Crippen LogP contribution in [0.4, 0.5) is 16.3 Å². The van der Waals surface area contributed by atoms with E-state index in [1.165, 1.54) is 0 Å². The topological polar surface area (TPSA) is 80.0 Å². The quantitative estimate of drug-likeness (QED) is 0.728. The third-order valence-corrected chi connectivity index (χ3v) is 2.12. The van der Waals surface area contributed by atoms with E-state index < -0.39 is 6.03 Å². The van der Waals surface area contributed by atoms with Crippen LogP contribution in [0.3, 0.4) is 0 Å². The highest BCUT2D eigenvalue weighted by molar-refractivity contribution is 6.29. The standard InChI is InChI=1S/C11H17ClN4O/c1-11(2,3)6-14-9-7(15-10(13)17)4-5-8(12)16-9/h4-5H,6H2,1-3H3,(H,14,16)(H3,13,15,17). The number of carbonyl (C=O) groups is 1. The number of nitrogens with two attached hydrogens (primary N) is 1. The van der Waals surface area contributed by atoms with E-state index in [-0.39, 0.29) is 5.41 Å². The fraction of sp³-hybridized carbons (Fsp3) is 0.455. The Kier molecular flexibility index (Phi) is 4.17. The maximum absolute atomic E-state index is 10.8. The second-order valence-corrected chi connectivity index (χ2v) is 5.32. The molecule has 2 amide bonds. The number of anilines is 2. The van der Waals surface area contributed by atoms with Gasteiger partial charge in [-0.05, 0) is 17.5 Å². The van der Waals surface area contributed by atoms with Gasteiger partial charge in [-0.2, -0.15) is 0 Å². The lowest BCUT2D eigenvalue weighted by Crippen LogP contribution is -2.23. The summed E-state index contributed by atoms with van der Waals surface area (Å²) < 4.78 is 0. The van der Waals surface area contributed by atoms with Crippen molar-refractivity contribution >= 4 is 29.1 Å². The van der Waals surface area contributed by atoms with Crippen LogP contribution in [0.25, 0.3) is 0 Å². The van der Waals surface area contributed by atoms with Crippen molar-refractivity contribution in [2.75, 3.05) is 17.2 Å². The van der Waals surface area contributed by atoms with E-state index in [1.54, 1.807) is 12.1 Å². The molecule has 0 saturated heterocycles.